The van der Waals surface area contributed by atoms with Gasteiger partial charge in [0.15, 0.2) is 0 Å². The van der Waals surface area contributed by atoms with Gasteiger partial charge < -0.3 is 5.32 Å². The molecule has 3 heterocycles. The number of benzene rings is 1. The van der Waals surface area contributed by atoms with Crippen LogP contribution in [0.15, 0.2) is 42.0 Å². The van der Waals surface area contributed by atoms with Crippen molar-refractivity contribution in [2.75, 3.05) is 19.6 Å². The predicted octanol–water partition coefficient (Wildman–Crippen LogP) is 4.20. The molecule has 0 bridgehead atoms. The van der Waals surface area contributed by atoms with Crippen LogP contribution in [0.1, 0.15) is 39.8 Å². The van der Waals surface area contributed by atoms with Crippen molar-refractivity contribution in [1.82, 2.24) is 20.2 Å². The number of amides is 1. The van der Waals surface area contributed by atoms with Crippen LogP contribution in [-0.4, -0.2) is 46.3 Å². The van der Waals surface area contributed by atoms with E-state index in [9.17, 15) is 13.6 Å². The fourth-order valence-electron chi connectivity index (χ4n) is 3.77. The first-order valence-electron chi connectivity index (χ1n) is 9.58. The predicted molar refractivity (Wildman–Crippen MR) is 109 cm³/mol. The Bertz CT molecular complexity index is 1010. The highest BCUT2D eigenvalue weighted by atomic mass is 32.1. The first kappa shape index (κ1) is 19.8. The summed E-state index contributed by atoms with van der Waals surface area (Å²) in [7, 11) is 0. The normalized spacial score (nSPS) is 17.9. The Kier molecular flexibility index (Phi) is 5.56. The fraction of sp³-hybridized carbons (Fsp3) is 0.381. The molecule has 1 aliphatic heterocycles. The average molecular weight is 416 g/mol. The van der Waals surface area contributed by atoms with Gasteiger partial charge in [0.2, 0.25) is 0 Å². The standard InChI is InChI=1S/C21H22F2N4OS/c1-14-19(29-13-26-14)18(27-10-7-21(22,23)8-11-27)12-25-20(28)16-4-2-6-17-15(16)5-3-9-24-17/h2-6,9,13,18H,7-8,10-12H2,1H3,(H,25,28). The van der Waals surface area contributed by atoms with Gasteiger partial charge in [-0.05, 0) is 25.1 Å². The topological polar surface area (TPSA) is 58.1 Å². The number of halogens is 2. The quantitative estimate of drug-likeness (QED) is 0.677. The second-order valence-corrected chi connectivity index (χ2v) is 8.18. The lowest BCUT2D eigenvalue weighted by Crippen LogP contribution is -2.45. The smallest absolute Gasteiger partial charge is 0.252 e. The SMILES string of the molecule is Cc1ncsc1C(CNC(=O)c1cccc2ncccc12)N1CCC(F)(F)CC1. The van der Waals surface area contributed by atoms with E-state index in [-0.39, 0.29) is 24.8 Å². The largest absolute Gasteiger partial charge is 0.350 e. The van der Waals surface area contributed by atoms with Crippen molar-refractivity contribution in [2.45, 2.75) is 31.7 Å². The molecule has 0 radical (unpaired) electrons. The van der Waals surface area contributed by atoms with E-state index in [1.165, 1.54) is 11.3 Å². The molecule has 3 aromatic rings. The minimum atomic E-state index is -2.61. The second-order valence-electron chi connectivity index (χ2n) is 7.30. The Hall–Kier alpha value is -2.45. The number of likely N-dealkylation sites (tertiary alicyclic amines) is 1. The summed E-state index contributed by atoms with van der Waals surface area (Å²) >= 11 is 1.50. The number of aryl methyl sites for hydroxylation is 1. The van der Waals surface area contributed by atoms with Crippen molar-refractivity contribution in [3.8, 4) is 0 Å². The molecule has 0 saturated carbocycles. The van der Waals surface area contributed by atoms with Crippen LogP contribution in [0.4, 0.5) is 8.78 Å². The van der Waals surface area contributed by atoms with Gasteiger partial charge >= 0.3 is 0 Å². The van der Waals surface area contributed by atoms with E-state index in [0.717, 1.165) is 21.5 Å². The number of alkyl halides is 2. The van der Waals surface area contributed by atoms with Gasteiger partial charge in [0.05, 0.1) is 22.8 Å². The molecule has 1 saturated heterocycles. The molecule has 1 atom stereocenters. The van der Waals surface area contributed by atoms with Crippen LogP contribution in [0, 0.1) is 6.92 Å². The van der Waals surface area contributed by atoms with Gasteiger partial charge in [-0.3, -0.25) is 14.7 Å². The third kappa shape index (κ3) is 4.28. The minimum absolute atomic E-state index is 0.162. The van der Waals surface area contributed by atoms with E-state index in [4.69, 9.17) is 0 Å². The Balaban J connectivity index is 1.54. The van der Waals surface area contributed by atoms with Crippen LogP contribution in [-0.2, 0) is 0 Å². The summed E-state index contributed by atoms with van der Waals surface area (Å²) in [6.07, 6.45) is 1.37. The summed E-state index contributed by atoms with van der Waals surface area (Å²) in [6.45, 7) is 2.84. The van der Waals surface area contributed by atoms with Crippen molar-refractivity contribution in [3.05, 3.63) is 58.2 Å². The molecule has 8 heteroatoms. The van der Waals surface area contributed by atoms with Crippen molar-refractivity contribution >= 4 is 28.1 Å². The Morgan fingerprint density at radius 1 is 1.24 bits per heavy atom. The molecule has 29 heavy (non-hydrogen) atoms. The molecule has 5 nitrogen and oxygen atoms in total. The van der Waals surface area contributed by atoms with E-state index in [1.807, 2.05) is 30.0 Å². The van der Waals surface area contributed by atoms with Crippen molar-refractivity contribution in [3.63, 3.8) is 0 Å². The third-order valence-electron chi connectivity index (χ3n) is 5.40. The third-order valence-corrected chi connectivity index (χ3v) is 6.43. The lowest BCUT2D eigenvalue weighted by molar-refractivity contribution is -0.0629. The van der Waals surface area contributed by atoms with Crippen molar-refractivity contribution in [1.29, 1.82) is 0 Å². The molecule has 1 N–H and O–H groups in total. The zero-order valence-corrected chi connectivity index (χ0v) is 16.9. The van der Waals surface area contributed by atoms with Crippen LogP contribution >= 0.6 is 11.3 Å². The summed E-state index contributed by atoms with van der Waals surface area (Å²) in [5, 5.41) is 3.80. The van der Waals surface area contributed by atoms with Gasteiger partial charge in [-0.25, -0.2) is 13.8 Å². The molecular formula is C21H22F2N4OS. The van der Waals surface area contributed by atoms with Gasteiger partial charge in [0.25, 0.3) is 11.8 Å². The van der Waals surface area contributed by atoms with Crippen LogP contribution in [0.3, 0.4) is 0 Å². The first-order chi connectivity index (χ1) is 13.9. The highest BCUT2D eigenvalue weighted by molar-refractivity contribution is 7.09. The molecule has 152 valence electrons. The highest BCUT2D eigenvalue weighted by Crippen LogP contribution is 2.34. The second kappa shape index (κ2) is 8.12. The van der Waals surface area contributed by atoms with Gasteiger partial charge in [-0.2, -0.15) is 0 Å². The van der Waals surface area contributed by atoms with Crippen molar-refractivity contribution < 1.29 is 13.6 Å². The number of piperidine rings is 1. The summed E-state index contributed by atoms with van der Waals surface area (Å²) in [6, 6.07) is 8.94. The zero-order valence-electron chi connectivity index (χ0n) is 16.1. The van der Waals surface area contributed by atoms with Crippen LogP contribution in [0.5, 0.6) is 0 Å². The van der Waals surface area contributed by atoms with E-state index in [0.29, 0.717) is 25.2 Å². The van der Waals surface area contributed by atoms with E-state index in [1.54, 1.807) is 23.8 Å². The molecule has 2 aromatic heterocycles. The molecule has 1 amide bonds. The van der Waals surface area contributed by atoms with E-state index in [2.05, 4.69) is 15.3 Å². The lowest BCUT2D eigenvalue weighted by Gasteiger charge is -2.37. The number of hydrogen-bond donors (Lipinski definition) is 1. The summed E-state index contributed by atoms with van der Waals surface area (Å²) in [4.78, 5) is 24.6. The molecule has 4 rings (SSSR count). The first-order valence-corrected chi connectivity index (χ1v) is 10.5. The number of rotatable bonds is 5. The number of hydrogen-bond acceptors (Lipinski definition) is 5. The molecule has 0 aliphatic carbocycles. The van der Waals surface area contributed by atoms with Crippen LogP contribution in [0.25, 0.3) is 10.9 Å². The maximum absolute atomic E-state index is 13.6. The summed E-state index contributed by atoms with van der Waals surface area (Å²) in [5.74, 6) is -2.80. The number of nitrogens with one attached hydrogen (secondary N) is 1. The fourth-order valence-corrected chi connectivity index (χ4v) is 4.70. The molecular weight excluding hydrogens is 394 g/mol. The number of pyridine rings is 1. The number of carbonyl (C=O) groups excluding carboxylic acids is 1. The molecule has 1 aromatic carbocycles. The Morgan fingerprint density at radius 2 is 2.03 bits per heavy atom. The molecule has 0 spiro atoms. The van der Waals surface area contributed by atoms with Crippen LogP contribution in [0.2, 0.25) is 0 Å². The van der Waals surface area contributed by atoms with Gasteiger partial charge in [-0.1, -0.05) is 12.1 Å². The van der Waals surface area contributed by atoms with E-state index < -0.39 is 5.92 Å². The molecule has 1 fully saturated rings. The van der Waals surface area contributed by atoms with Gasteiger partial charge in [0, 0.05) is 54.5 Å². The summed E-state index contributed by atoms with van der Waals surface area (Å²) in [5.41, 5.74) is 3.95. The maximum Gasteiger partial charge on any atom is 0.252 e. The number of fused-ring (bicyclic) bond motifs is 1. The number of thiazole rings is 1. The minimum Gasteiger partial charge on any atom is -0.350 e. The number of nitrogens with zero attached hydrogens (tertiary/aromatic N) is 3. The Morgan fingerprint density at radius 3 is 2.76 bits per heavy atom. The van der Waals surface area contributed by atoms with E-state index >= 15 is 0 Å². The zero-order chi connectivity index (χ0) is 20.4. The molecule has 1 aliphatic rings. The number of aromatic nitrogens is 2. The average Bonchev–Trinajstić information content (AvgIpc) is 3.14. The monoisotopic (exact) mass is 416 g/mol. The summed E-state index contributed by atoms with van der Waals surface area (Å²) < 4.78 is 27.3. The Labute approximate surface area is 171 Å². The lowest BCUT2D eigenvalue weighted by atomic mass is 10.0. The molecule has 1 unspecified atom stereocenters. The number of carbonyl (C=O) groups is 1. The highest BCUT2D eigenvalue weighted by Gasteiger charge is 2.37. The van der Waals surface area contributed by atoms with Gasteiger partial charge in [-0.15, -0.1) is 11.3 Å². The van der Waals surface area contributed by atoms with Gasteiger partial charge in [0.1, 0.15) is 0 Å². The van der Waals surface area contributed by atoms with Crippen LogP contribution < -0.4 is 5.32 Å². The maximum atomic E-state index is 13.6. The van der Waals surface area contributed by atoms with Crippen molar-refractivity contribution in [2.24, 2.45) is 0 Å².